The molecule has 0 aliphatic carbocycles. The lowest BCUT2D eigenvalue weighted by molar-refractivity contribution is -0.389. The lowest BCUT2D eigenvalue weighted by Crippen LogP contribution is -2.45. The third-order valence-electron chi connectivity index (χ3n) is 5.17. The Morgan fingerprint density at radius 2 is 2.03 bits per heavy atom. The topological polar surface area (TPSA) is 92.9 Å². The summed E-state index contributed by atoms with van der Waals surface area (Å²) >= 11 is 12.0. The molecule has 1 aliphatic rings. The van der Waals surface area contributed by atoms with Crippen LogP contribution in [0.3, 0.4) is 0 Å². The second-order valence-corrected chi connectivity index (χ2v) is 8.49. The van der Waals surface area contributed by atoms with Crippen molar-refractivity contribution in [3.05, 3.63) is 56.6 Å². The molecule has 3 heterocycles. The van der Waals surface area contributed by atoms with Crippen molar-refractivity contribution in [3.8, 4) is 0 Å². The van der Waals surface area contributed by atoms with E-state index >= 15 is 0 Å². The largest absolute Gasteiger partial charge is 0.455 e. The van der Waals surface area contributed by atoms with E-state index in [1.54, 1.807) is 16.8 Å². The number of halogens is 2. The first-order chi connectivity index (χ1) is 14.9. The zero-order valence-electron chi connectivity index (χ0n) is 16.9. The van der Waals surface area contributed by atoms with Crippen molar-refractivity contribution >= 4 is 46.2 Å². The highest BCUT2D eigenvalue weighted by molar-refractivity contribution is 6.31. The monoisotopic (exact) mass is 464 g/mol. The minimum absolute atomic E-state index is 0.144. The van der Waals surface area contributed by atoms with E-state index in [9.17, 15) is 10.1 Å². The molecular formula is C20H22Cl2N6O3. The maximum atomic E-state index is 10.8. The van der Waals surface area contributed by atoms with E-state index in [0.717, 1.165) is 43.7 Å². The molecule has 164 valence electrons. The molecule has 0 saturated carbocycles. The number of benzene rings is 1. The summed E-state index contributed by atoms with van der Waals surface area (Å²) in [4.78, 5) is 16.4. The zero-order chi connectivity index (χ0) is 22.0. The maximum absolute atomic E-state index is 10.8. The van der Waals surface area contributed by atoms with Crippen LogP contribution in [-0.2, 0) is 6.54 Å². The predicted molar refractivity (Wildman–Crippen MR) is 120 cm³/mol. The van der Waals surface area contributed by atoms with Gasteiger partial charge in [-0.2, -0.15) is 5.10 Å². The number of aromatic nitrogens is 2. The van der Waals surface area contributed by atoms with Crippen LogP contribution in [0.2, 0.25) is 10.3 Å². The van der Waals surface area contributed by atoms with Crippen molar-refractivity contribution < 1.29 is 9.34 Å². The summed E-state index contributed by atoms with van der Waals surface area (Å²) in [6, 6.07) is 7.45. The third-order valence-corrected chi connectivity index (χ3v) is 5.71. The van der Waals surface area contributed by atoms with Crippen LogP contribution in [0.15, 0.2) is 40.0 Å². The predicted octanol–water partition coefficient (Wildman–Crippen LogP) is 4.13. The minimum Gasteiger partial charge on any atom is -0.455 e. The van der Waals surface area contributed by atoms with E-state index in [1.807, 2.05) is 23.2 Å². The molecule has 0 amide bonds. The quantitative estimate of drug-likeness (QED) is 0.296. The van der Waals surface area contributed by atoms with E-state index in [0.29, 0.717) is 17.3 Å². The Kier molecular flexibility index (Phi) is 6.45. The van der Waals surface area contributed by atoms with Gasteiger partial charge >= 0.3 is 11.1 Å². The van der Waals surface area contributed by atoms with Crippen LogP contribution in [0.25, 0.3) is 11.0 Å². The van der Waals surface area contributed by atoms with Gasteiger partial charge in [-0.05, 0) is 51.7 Å². The smallest absolute Gasteiger partial charge is 0.383 e. The van der Waals surface area contributed by atoms with E-state index in [1.165, 1.54) is 6.20 Å². The van der Waals surface area contributed by atoms with Gasteiger partial charge in [-0.25, -0.2) is 0 Å². The van der Waals surface area contributed by atoms with Gasteiger partial charge in [-0.1, -0.05) is 18.5 Å². The molecule has 9 nitrogen and oxygen atoms in total. The van der Waals surface area contributed by atoms with Crippen LogP contribution >= 0.6 is 23.2 Å². The van der Waals surface area contributed by atoms with Gasteiger partial charge in [0, 0.05) is 49.7 Å². The lowest BCUT2D eigenvalue weighted by atomic mass is 10.1. The number of hydrogen-bond acceptors (Lipinski definition) is 7. The summed E-state index contributed by atoms with van der Waals surface area (Å²) < 4.78 is 7.40. The number of rotatable bonds is 7. The lowest BCUT2D eigenvalue weighted by Gasteiger charge is -2.34. The van der Waals surface area contributed by atoms with Crippen LogP contribution in [0.5, 0.6) is 0 Å². The summed E-state index contributed by atoms with van der Waals surface area (Å²) in [5.41, 5.74) is 0.785. The summed E-state index contributed by atoms with van der Waals surface area (Å²) in [6.07, 6.45) is 3.12. The minimum atomic E-state index is -0.534. The maximum Gasteiger partial charge on any atom is 0.383 e. The van der Waals surface area contributed by atoms with Gasteiger partial charge in [0.15, 0.2) is 0 Å². The average molecular weight is 465 g/mol. The molecule has 0 radical (unpaired) electrons. The average Bonchev–Trinajstić information content (AvgIpc) is 3.30. The van der Waals surface area contributed by atoms with Crippen molar-refractivity contribution in [1.82, 2.24) is 19.5 Å². The second-order valence-electron chi connectivity index (χ2n) is 7.71. The Bertz CT molecular complexity index is 1100. The van der Waals surface area contributed by atoms with Gasteiger partial charge in [0.05, 0.1) is 6.21 Å². The standard InChI is InChI=1S/C20H22Cl2N6O3/c1-14(12-26-13-19(28(29)30)24-20(26)22)11-25-4-6-27(7-5-25)23-10-17-9-15-8-16(21)2-3-18(15)31-17/h2-3,8-10,13-14H,4-7,11-12H2,1H3/t14-/m0/s1. The highest BCUT2D eigenvalue weighted by atomic mass is 35.5. The Morgan fingerprint density at radius 3 is 2.74 bits per heavy atom. The van der Waals surface area contributed by atoms with Gasteiger partial charge in [-0.15, -0.1) is 0 Å². The molecule has 0 bridgehead atoms. The summed E-state index contributed by atoms with van der Waals surface area (Å²) in [6.45, 7) is 6.93. The number of furan rings is 1. The summed E-state index contributed by atoms with van der Waals surface area (Å²) in [5, 5.41) is 19.2. The number of fused-ring (bicyclic) bond motifs is 1. The molecule has 1 atom stereocenters. The van der Waals surface area contributed by atoms with Crippen LogP contribution < -0.4 is 0 Å². The highest BCUT2D eigenvalue weighted by Gasteiger charge is 2.21. The third kappa shape index (κ3) is 5.36. The molecule has 0 N–H and O–H groups in total. The number of nitro groups is 1. The number of imidazole rings is 1. The first kappa shape index (κ1) is 21.6. The highest BCUT2D eigenvalue weighted by Crippen LogP contribution is 2.22. The van der Waals surface area contributed by atoms with E-state index < -0.39 is 4.92 Å². The molecule has 11 heteroatoms. The molecule has 1 saturated heterocycles. The molecular weight excluding hydrogens is 443 g/mol. The Morgan fingerprint density at radius 1 is 1.26 bits per heavy atom. The Balaban J connectivity index is 1.26. The molecule has 1 aliphatic heterocycles. The van der Waals surface area contributed by atoms with Crippen molar-refractivity contribution in [2.45, 2.75) is 13.5 Å². The SMILES string of the molecule is C[C@@H](CN1CCN(N=Cc2cc3cc(Cl)ccc3o2)CC1)Cn1cc([N+](=O)[O-])nc1Cl. The van der Waals surface area contributed by atoms with E-state index in [-0.39, 0.29) is 17.0 Å². The number of hydrazone groups is 1. The number of nitrogens with zero attached hydrogens (tertiary/aromatic N) is 6. The number of piperazine rings is 1. The van der Waals surface area contributed by atoms with E-state index in [2.05, 4.69) is 21.9 Å². The van der Waals surface area contributed by atoms with Crippen LogP contribution in [0.4, 0.5) is 5.82 Å². The van der Waals surface area contributed by atoms with Gasteiger partial charge in [0.1, 0.15) is 17.5 Å². The molecule has 31 heavy (non-hydrogen) atoms. The fourth-order valence-corrected chi connectivity index (χ4v) is 4.09. The van der Waals surface area contributed by atoms with Gasteiger partial charge in [-0.3, -0.25) is 14.5 Å². The molecule has 0 spiro atoms. The molecule has 2 aromatic heterocycles. The fraction of sp³-hybridized carbons (Fsp3) is 0.400. The molecule has 3 aromatic rings. The van der Waals surface area contributed by atoms with Crippen molar-refractivity contribution in [1.29, 1.82) is 0 Å². The van der Waals surface area contributed by atoms with Gasteiger partial charge in [0.25, 0.3) is 0 Å². The zero-order valence-corrected chi connectivity index (χ0v) is 18.5. The molecule has 0 unspecified atom stereocenters. The van der Waals surface area contributed by atoms with Crippen molar-refractivity contribution in [3.63, 3.8) is 0 Å². The first-order valence-electron chi connectivity index (χ1n) is 9.95. The van der Waals surface area contributed by atoms with E-state index in [4.69, 9.17) is 27.6 Å². The molecule has 4 rings (SSSR count). The van der Waals surface area contributed by atoms with Crippen LogP contribution in [-0.4, -0.2) is 63.3 Å². The summed E-state index contributed by atoms with van der Waals surface area (Å²) in [5.74, 6) is 0.736. The fourth-order valence-electron chi connectivity index (χ4n) is 3.70. The molecule has 1 fully saturated rings. The van der Waals surface area contributed by atoms with Gasteiger partial charge < -0.3 is 14.5 Å². The Labute approximate surface area is 189 Å². The van der Waals surface area contributed by atoms with Gasteiger partial charge in [0.2, 0.25) is 0 Å². The van der Waals surface area contributed by atoms with Crippen LogP contribution in [0.1, 0.15) is 12.7 Å². The van der Waals surface area contributed by atoms with Crippen molar-refractivity contribution in [2.24, 2.45) is 11.0 Å². The molecule has 1 aromatic carbocycles. The second kappa shape index (κ2) is 9.25. The Hall–Kier alpha value is -2.62. The van der Waals surface area contributed by atoms with Crippen molar-refractivity contribution in [2.75, 3.05) is 32.7 Å². The van der Waals surface area contributed by atoms with Crippen LogP contribution in [0, 0.1) is 16.0 Å². The first-order valence-corrected chi connectivity index (χ1v) is 10.7. The number of hydrogen-bond donors (Lipinski definition) is 0. The normalized spacial score (nSPS) is 16.4. The summed E-state index contributed by atoms with van der Waals surface area (Å²) in [7, 11) is 0.